The Bertz CT molecular complexity index is 2060. The topological polar surface area (TPSA) is 202 Å². The average Bonchev–Trinajstić information content (AvgIpc) is 3.71. The monoisotopic (exact) mass is 834 g/mol. The molecule has 15 heteroatoms. The molecule has 322 valence electrons. The van der Waals surface area contributed by atoms with E-state index >= 15 is 0 Å². The molecule has 3 unspecified atom stereocenters. The summed E-state index contributed by atoms with van der Waals surface area (Å²) in [7, 11) is -4.59. The number of fused-ring (bicyclic) bond motifs is 1. The van der Waals surface area contributed by atoms with Gasteiger partial charge in [-0.25, -0.2) is 14.6 Å². The number of aromatic amines is 1. The fraction of sp³-hybridized carbons (Fsp3) is 0.523. The first-order valence-electron chi connectivity index (χ1n) is 20.5. The van der Waals surface area contributed by atoms with E-state index in [0.29, 0.717) is 29.6 Å². The summed E-state index contributed by atoms with van der Waals surface area (Å²) in [6, 6.07) is 13.0. The summed E-state index contributed by atoms with van der Waals surface area (Å²) in [5.41, 5.74) is 4.87. The molecule has 6 atom stereocenters. The minimum absolute atomic E-state index is 0.0109. The lowest BCUT2D eigenvalue weighted by Crippen LogP contribution is -2.52. The van der Waals surface area contributed by atoms with E-state index in [1.807, 2.05) is 73.6 Å². The Hall–Kier alpha value is -4.54. The van der Waals surface area contributed by atoms with Crippen molar-refractivity contribution < 1.29 is 36.9 Å². The lowest BCUT2D eigenvalue weighted by Gasteiger charge is -2.32. The Balaban J connectivity index is 1.50. The van der Waals surface area contributed by atoms with Gasteiger partial charge in [0.05, 0.1) is 31.2 Å². The maximum atomic E-state index is 14.0. The molecule has 0 aliphatic rings. The Morgan fingerprint density at radius 1 is 0.898 bits per heavy atom. The van der Waals surface area contributed by atoms with E-state index < -0.39 is 52.2 Å². The van der Waals surface area contributed by atoms with Crippen LogP contribution in [0.25, 0.3) is 10.8 Å². The molecule has 0 aliphatic heterocycles. The maximum Gasteiger partial charge on any atom is 0.342 e. The SMILES string of the molecule is CC[C@H](C)[C@H](NCC(=O)C(CC(O)C(CC(C)C)N[C@@H](Cc1cnc[nH]1)C(=O)OS(=O)(=O)c1cccc2c(C(C)C)cccc12)C(C)C)C(=O)ONCc1ccccn1. The molecule has 0 radical (unpaired) electrons. The standard InChI is InChI=1S/C44H62N6O8S/c1-9-30(8)42(44(54)57-49-24-31-14-10-11-19-46-31)47-25-40(52)36(29(6)7)22-39(51)37(20-27(2)3)50-38(21-32-23-45-26-48-32)43(53)58-59(55,56)41-18-13-16-34-33(28(4)5)15-12-17-35(34)41/h10-19,23,26-30,36-39,42,47,49-51H,9,20-22,24-25H2,1-8H3,(H,45,48)/t30-,36?,37?,38-,39?,42-/m0/s1. The zero-order valence-corrected chi connectivity index (χ0v) is 36.3. The van der Waals surface area contributed by atoms with E-state index in [2.05, 4.69) is 31.1 Å². The van der Waals surface area contributed by atoms with Crippen LogP contribution in [0.1, 0.15) is 97.5 Å². The Morgan fingerprint density at radius 3 is 2.25 bits per heavy atom. The number of pyridine rings is 1. The average molecular weight is 835 g/mol. The van der Waals surface area contributed by atoms with E-state index in [4.69, 9.17) is 9.02 Å². The second-order valence-corrected chi connectivity index (χ2v) is 17.9. The summed E-state index contributed by atoms with van der Waals surface area (Å²) in [5.74, 6) is -2.57. The van der Waals surface area contributed by atoms with Crippen LogP contribution in [0.5, 0.6) is 0 Å². The van der Waals surface area contributed by atoms with Gasteiger partial charge in [-0.05, 0) is 65.7 Å². The van der Waals surface area contributed by atoms with Gasteiger partial charge in [-0.15, -0.1) is 5.48 Å². The van der Waals surface area contributed by atoms with E-state index in [-0.39, 0.29) is 60.3 Å². The number of hydrogen-bond acceptors (Lipinski definition) is 13. The molecule has 2 heterocycles. The number of aliphatic hydroxyl groups excluding tert-OH is 1. The first-order valence-corrected chi connectivity index (χ1v) is 21.9. The van der Waals surface area contributed by atoms with Crippen LogP contribution in [-0.2, 0) is 46.5 Å². The Morgan fingerprint density at radius 2 is 1.63 bits per heavy atom. The number of rotatable bonds is 24. The van der Waals surface area contributed by atoms with Crippen molar-refractivity contribution in [3.63, 3.8) is 0 Å². The number of hydroxylamine groups is 1. The molecule has 5 N–H and O–H groups in total. The third kappa shape index (κ3) is 13.5. The number of nitrogens with one attached hydrogen (secondary N) is 4. The molecule has 2 aromatic carbocycles. The summed E-state index contributed by atoms with van der Waals surface area (Å²) in [6.07, 6.45) is 4.59. The highest BCUT2D eigenvalue weighted by molar-refractivity contribution is 7.87. The van der Waals surface area contributed by atoms with Crippen LogP contribution < -0.4 is 16.1 Å². The smallest absolute Gasteiger partial charge is 0.342 e. The fourth-order valence-electron chi connectivity index (χ4n) is 7.21. The molecule has 4 aromatic rings. The highest BCUT2D eigenvalue weighted by Crippen LogP contribution is 2.31. The third-order valence-corrected chi connectivity index (χ3v) is 12.0. The largest absolute Gasteiger partial charge is 0.391 e. The second kappa shape index (κ2) is 22.2. The number of imidazole rings is 1. The van der Waals surface area contributed by atoms with Crippen molar-refractivity contribution in [3.8, 4) is 0 Å². The molecular weight excluding hydrogens is 773 g/mol. The summed E-state index contributed by atoms with van der Waals surface area (Å²) >= 11 is 0. The fourth-order valence-corrected chi connectivity index (χ4v) is 8.32. The number of carbonyl (C=O) groups excluding carboxylic acids is 3. The van der Waals surface area contributed by atoms with Gasteiger partial charge in [-0.3, -0.25) is 20.4 Å². The van der Waals surface area contributed by atoms with Crippen LogP contribution in [-0.4, -0.2) is 77.0 Å². The van der Waals surface area contributed by atoms with E-state index in [1.54, 1.807) is 36.5 Å². The molecule has 2 aromatic heterocycles. The van der Waals surface area contributed by atoms with Crippen molar-refractivity contribution in [1.29, 1.82) is 0 Å². The lowest BCUT2D eigenvalue weighted by atomic mass is 9.83. The third-order valence-electron chi connectivity index (χ3n) is 10.7. The summed E-state index contributed by atoms with van der Waals surface area (Å²) < 4.78 is 33.1. The summed E-state index contributed by atoms with van der Waals surface area (Å²) in [4.78, 5) is 57.5. The predicted octanol–water partition coefficient (Wildman–Crippen LogP) is 5.77. The minimum atomic E-state index is -4.59. The van der Waals surface area contributed by atoms with Crippen molar-refractivity contribution in [2.45, 2.75) is 123 Å². The van der Waals surface area contributed by atoms with Crippen LogP contribution >= 0.6 is 0 Å². The number of benzene rings is 2. The molecule has 0 saturated heterocycles. The second-order valence-electron chi connectivity index (χ2n) is 16.4. The van der Waals surface area contributed by atoms with Gasteiger partial charge in [0.25, 0.3) is 0 Å². The number of carbonyl (C=O) groups is 3. The molecule has 0 fully saturated rings. The zero-order chi connectivity index (χ0) is 43.3. The minimum Gasteiger partial charge on any atom is -0.391 e. The number of Topliss-reactive ketones (excluding diaryl/α,β-unsaturated/α-hetero) is 1. The van der Waals surface area contributed by atoms with Crippen molar-refractivity contribution in [3.05, 3.63) is 90.3 Å². The van der Waals surface area contributed by atoms with Gasteiger partial charge < -0.3 is 19.1 Å². The van der Waals surface area contributed by atoms with Gasteiger partial charge >= 0.3 is 22.1 Å². The van der Waals surface area contributed by atoms with E-state index in [1.165, 1.54) is 18.6 Å². The molecule has 0 spiro atoms. The molecule has 14 nitrogen and oxygen atoms in total. The number of aliphatic hydroxyl groups is 1. The van der Waals surface area contributed by atoms with Crippen molar-refractivity contribution in [1.82, 2.24) is 31.1 Å². The Labute approximate surface area is 348 Å². The molecular formula is C44H62N6O8S. The van der Waals surface area contributed by atoms with E-state index in [9.17, 15) is 27.9 Å². The first kappa shape index (κ1) is 47.1. The quantitative estimate of drug-likeness (QED) is 0.0421. The summed E-state index contributed by atoms with van der Waals surface area (Å²) in [6.45, 7) is 15.7. The normalized spacial score (nSPS) is 15.2. The number of H-pyrrole nitrogens is 1. The lowest BCUT2D eigenvalue weighted by molar-refractivity contribution is -0.155. The Kier molecular flexibility index (Phi) is 17.7. The predicted molar refractivity (Wildman–Crippen MR) is 226 cm³/mol. The molecule has 0 bridgehead atoms. The molecule has 0 aliphatic carbocycles. The number of nitrogens with zero attached hydrogens (tertiary/aromatic N) is 2. The van der Waals surface area contributed by atoms with Crippen LogP contribution in [0.3, 0.4) is 0 Å². The number of hydrogen-bond donors (Lipinski definition) is 5. The van der Waals surface area contributed by atoms with Gasteiger partial charge in [-0.1, -0.05) is 98.2 Å². The van der Waals surface area contributed by atoms with Crippen LogP contribution in [0, 0.1) is 23.7 Å². The first-order chi connectivity index (χ1) is 28.0. The van der Waals surface area contributed by atoms with Crippen molar-refractivity contribution >= 4 is 38.6 Å². The molecule has 4 rings (SSSR count). The van der Waals surface area contributed by atoms with Crippen molar-refractivity contribution in [2.75, 3.05) is 6.54 Å². The highest BCUT2D eigenvalue weighted by atomic mass is 32.2. The van der Waals surface area contributed by atoms with Crippen molar-refractivity contribution in [2.24, 2.45) is 23.7 Å². The van der Waals surface area contributed by atoms with Gasteiger partial charge in [0, 0.05) is 41.9 Å². The molecule has 0 saturated carbocycles. The van der Waals surface area contributed by atoms with Crippen LogP contribution in [0.4, 0.5) is 0 Å². The van der Waals surface area contributed by atoms with E-state index in [0.717, 1.165) is 10.9 Å². The van der Waals surface area contributed by atoms with Crippen LogP contribution in [0.15, 0.2) is 78.2 Å². The zero-order valence-electron chi connectivity index (χ0n) is 35.5. The molecule has 59 heavy (non-hydrogen) atoms. The van der Waals surface area contributed by atoms with Gasteiger partial charge in [0.15, 0.2) is 0 Å². The maximum absolute atomic E-state index is 14.0. The van der Waals surface area contributed by atoms with Crippen LogP contribution in [0.2, 0.25) is 0 Å². The van der Waals surface area contributed by atoms with Gasteiger partial charge in [-0.2, -0.15) is 8.42 Å². The summed E-state index contributed by atoms with van der Waals surface area (Å²) in [5, 5.41) is 19.4. The van der Waals surface area contributed by atoms with Gasteiger partial charge in [0.1, 0.15) is 22.8 Å². The number of aromatic nitrogens is 3. The molecule has 0 amide bonds. The number of ketones is 1. The van der Waals surface area contributed by atoms with Gasteiger partial charge in [0.2, 0.25) is 0 Å². The highest BCUT2D eigenvalue weighted by Gasteiger charge is 2.36.